The van der Waals surface area contributed by atoms with Crippen LogP contribution in [0.1, 0.15) is 32.3 Å². The smallest absolute Gasteiger partial charge is 0.696 e. The molecule has 1 aromatic rings. The average Bonchev–Trinajstić information content (AvgIpc) is 3.23. The molecule has 0 N–H and O–H groups in total. The van der Waals surface area contributed by atoms with E-state index in [0.29, 0.717) is 0 Å². The van der Waals surface area contributed by atoms with Crippen molar-refractivity contribution in [2.24, 2.45) is 0 Å². The summed E-state index contributed by atoms with van der Waals surface area (Å²) in [5.41, 5.74) is 1.82. The summed E-state index contributed by atoms with van der Waals surface area (Å²) >= 11 is 3.70. The topological polar surface area (TPSA) is 23.8 Å². The van der Waals surface area contributed by atoms with Crippen LogP contribution in [0.15, 0.2) is 59.7 Å². The van der Waals surface area contributed by atoms with Gasteiger partial charge in [0.1, 0.15) is 0 Å². The largest absolute Gasteiger partial charge is 3.00 e. The molecule has 1 radical (unpaired) electrons. The molecule has 2 aliphatic carbocycles. The fourth-order valence-electron chi connectivity index (χ4n) is 1.60. The molecule has 0 heterocycles. The molecule has 0 unspecified atom stereocenters. The van der Waals surface area contributed by atoms with Crippen LogP contribution in [-0.2, 0) is 40.5 Å². The van der Waals surface area contributed by atoms with E-state index in [1.165, 1.54) is 34.7 Å². The molecule has 0 spiro atoms. The van der Waals surface area contributed by atoms with Gasteiger partial charge in [0.05, 0.1) is 0 Å². The third kappa shape index (κ3) is 14.7. The van der Waals surface area contributed by atoms with Gasteiger partial charge in [-0.05, 0) is 0 Å². The molecule has 2 aliphatic rings. The minimum Gasteiger partial charge on any atom is -0.696 e. The van der Waals surface area contributed by atoms with Crippen molar-refractivity contribution in [2.75, 3.05) is 0 Å². The van der Waals surface area contributed by atoms with Crippen LogP contribution >= 0.6 is 0 Å². The molecule has 1 aromatic carbocycles. The van der Waals surface area contributed by atoms with Gasteiger partial charge in [0.2, 0.25) is 0 Å². The Morgan fingerprint density at radius 1 is 1.04 bits per heavy atom. The Balaban J connectivity index is 0. The molecular weight excluding hydrogens is 391 g/mol. The molecule has 0 fully saturated rings. The van der Waals surface area contributed by atoms with Gasteiger partial charge >= 0.3 is 27.9 Å². The maximum Gasteiger partial charge on any atom is 3.00 e. The molecule has 0 amide bonds. The summed E-state index contributed by atoms with van der Waals surface area (Å²) in [6.07, 6.45) is 12.4. The van der Waals surface area contributed by atoms with Crippen LogP contribution in [0.4, 0.5) is 13.2 Å². The van der Waals surface area contributed by atoms with E-state index in [0.717, 1.165) is 18.9 Å². The first-order valence-electron chi connectivity index (χ1n) is 7.34. The second kappa shape index (κ2) is 15.6. The standard InChI is InChI=1S/C7H4F3.2C6H7.CHNS.Ti/c8-7(9,10)6-4-2-1-3-5-6;2*1-6-4-2-3-5-6;2-1-3;/h1-4H;2*2,4H,3H2,1H3;3H;/q3*-1;;+3/p-1. The third-order valence-corrected chi connectivity index (χ3v) is 2.75. The van der Waals surface area contributed by atoms with Gasteiger partial charge in [-0.2, -0.15) is 55.7 Å². The van der Waals surface area contributed by atoms with Crippen molar-refractivity contribution < 1.29 is 34.9 Å². The summed E-state index contributed by atoms with van der Waals surface area (Å²) in [7, 11) is 0. The Bertz CT molecular complexity index is 620. The summed E-state index contributed by atoms with van der Waals surface area (Å²) in [4.78, 5) is 0. The first-order chi connectivity index (χ1) is 11.8. The van der Waals surface area contributed by atoms with Gasteiger partial charge in [-0.25, -0.2) is 28.6 Å². The molecule has 1 nitrogen and oxygen atoms in total. The normalized spacial score (nSPS) is 13.2. The number of halogens is 3. The average molecular weight is 409 g/mol. The third-order valence-electron chi connectivity index (χ3n) is 2.75. The fourth-order valence-corrected chi connectivity index (χ4v) is 1.60. The Morgan fingerprint density at radius 3 is 1.65 bits per heavy atom. The number of thiocyanates is 1. The minimum atomic E-state index is -4.26. The molecule has 135 valence electrons. The quantitative estimate of drug-likeness (QED) is 0.230. The van der Waals surface area contributed by atoms with Crippen LogP contribution in [0.2, 0.25) is 0 Å². The van der Waals surface area contributed by atoms with Gasteiger partial charge in [0, 0.05) is 0 Å². The van der Waals surface area contributed by atoms with Gasteiger partial charge in [-0.3, -0.25) is 12.2 Å². The molecule has 26 heavy (non-hydrogen) atoms. The van der Waals surface area contributed by atoms with Crippen molar-refractivity contribution in [3.63, 3.8) is 0 Å². The molecule has 0 saturated carbocycles. The predicted octanol–water partition coefficient (Wildman–Crippen LogP) is 5.91. The van der Waals surface area contributed by atoms with Gasteiger partial charge in [0.25, 0.3) is 0 Å². The summed E-state index contributed by atoms with van der Waals surface area (Å²) in [5.74, 6) is 0. The van der Waals surface area contributed by atoms with Crippen molar-refractivity contribution in [2.45, 2.75) is 32.9 Å². The van der Waals surface area contributed by atoms with E-state index in [1.54, 1.807) is 0 Å². The van der Waals surface area contributed by atoms with Crippen LogP contribution in [0, 0.1) is 28.9 Å². The SMILES string of the molecule is CC1=[C-]CC=C1.CC1=[C-]CC=C1.FC(F)(F)c1[c-]cccc1.N#C[S-].[Ti+3]. The second-order valence-electron chi connectivity index (χ2n) is 4.80. The fraction of sp³-hybridized carbons (Fsp3) is 0.250. The maximum absolute atomic E-state index is 11.8. The molecule has 0 bridgehead atoms. The van der Waals surface area contributed by atoms with Crippen molar-refractivity contribution >= 4 is 12.6 Å². The van der Waals surface area contributed by atoms with Gasteiger partial charge in [-0.1, -0.05) is 24.8 Å². The van der Waals surface area contributed by atoms with Crippen molar-refractivity contribution in [3.8, 4) is 5.40 Å². The van der Waals surface area contributed by atoms with E-state index in [9.17, 15) is 13.2 Å². The van der Waals surface area contributed by atoms with Crippen LogP contribution in [-0.4, -0.2) is 0 Å². The predicted molar refractivity (Wildman–Crippen MR) is 95.6 cm³/mol. The molecular formula is C20H18F3NSTi-. The first kappa shape index (κ1) is 26.6. The summed E-state index contributed by atoms with van der Waals surface area (Å²) in [5, 5.41) is 8.47. The molecule has 0 saturated heterocycles. The number of allylic oxidation sites excluding steroid dienone is 8. The number of benzene rings is 1. The van der Waals surface area contributed by atoms with Gasteiger partial charge in [-0.15, -0.1) is 12.8 Å². The number of nitrogens with zero attached hydrogens (tertiary/aromatic N) is 1. The van der Waals surface area contributed by atoms with E-state index >= 15 is 0 Å². The molecule has 0 aliphatic heterocycles. The summed E-state index contributed by atoms with van der Waals surface area (Å²) in [6, 6.07) is 7.14. The molecule has 6 heteroatoms. The number of alkyl halides is 3. The zero-order chi connectivity index (χ0) is 19.1. The monoisotopic (exact) mass is 409 g/mol. The molecule has 0 atom stereocenters. The van der Waals surface area contributed by atoms with Crippen LogP contribution in [0.3, 0.4) is 0 Å². The van der Waals surface area contributed by atoms with E-state index in [4.69, 9.17) is 5.26 Å². The van der Waals surface area contributed by atoms with Crippen molar-refractivity contribution in [3.05, 3.63) is 83.5 Å². The van der Waals surface area contributed by atoms with Crippen LogP contribution in [0.25, 0.3) is 0 Å². The van der Waals surface area contributed by atoms with Crippen LogP contribution in [0.5, 0.6) is 0 Å². The molecule has 3 rings (SSSR count). The zero-order valence-electron chi connectivity index (χ0n) is 14.5. The zero-order valence-corrected chi connectivity index (χ0v) is 16.9. The number of hydrogen-bond acceptors (Lipinski definition) is 2. The Kier molecular flexibility index (Phi) is 16.0. The number of rotatable bonds is 0. The maximum atomic E-state index is 11.8. The second-order valence-corrected chi connectivity index (χ2v) is 4.98. The van der Waals surface area contributed by atoms with Crippen LogP contribution < -0.4 is 0 Å². The van der Waals surface area contributed by atoms with Gasteiger partial charge < -0.3 is 12.6 Å². The van der Waals surface area contributed by atoms with Crippen molar-refractivity contribution in [1.29, 1.82) is 5.26 Å². The summed E-state index contributed by atoms with van der Waals surface area (Å²) in [6.45, 7) is 4.12. The van der Waals surface area contributed by atoms with E-state index in [-0.39, 0.29) is 21.7 Å². The van der Waals surface area contributed by atoms with E-state index < -0.39 is 11.7 Å². The Labute approximate surface area is 174 Å². The minimum absolute atomic E-state index is 0. The van der Waals surface area contributed by atoms with E-state index in [1.807, 2.05) is 0 Å². The Morgan fingerprint density at radius 2 is 1.50 bits per heavy atom. The summed E-state index contributed by atoms with van der Waals surface area (Å²) < 4.78 is 35.3. The van der Waals surface area contributed by atoms with Crippen molar-refractivity contribution in [1.82, 2.24) is 0 Å². The molecule has 0 aromatic heterocycles. The first-order valence-corrected chi connectivity index (χ1v) is 7.75. The number of nitriles is 1. The van der Waals surface area contributed by atoms with Gasteiger partial charge in [0.15, 0.2) is 0 Å². The van der Waals surface area contributed by atoms with E-state index in [2.05, 4.69) is 69.0 Å². The number of hydrogen-bond donors (Lipinski definition) is 0. The Hall–Kier alpha value is -1.61.